The van der Waals surface area contributed by atoms with Crippen molar-refractivity contribution in [1.29, 1.82) is 0 Å². The van der Waals surface area contributed by atoms with Crippen LogP contribution in [0.15, 0.2) is 48.5 Å². The highest BCUT2D eigenvalue weighted by molar-refractivity contribution is 6.91. The van der Waals surface area contributed by atoms with E-state index in [1.54, 1.807) is 0 Å². The number of halogens is 5. The summed E-state index contributed by atoms with van der Waals surface area (Å²) in [4.78, 5) is 0. The Labute approximate surface area is 310 Å². The van der Waals surface area contributed by atoms with Gasteiger partial charge < -0.3 is 7.41 Å². The van der Waals surface area contributed by atoms with Gasteiger partial charge in [-0.3, -0.25) is 0 Å². The van der Waals surface area contributed by atoms with Crippen LogP contribution < -0.4 is 26.3 Å². The summed E-state index contributed by atoms with van der Waals surface area (Å²) in [6.07, 6.45) is 0. The second-order valence-corrected chi connectivity index (χ2v) is 16.4. The summed E-state index contributed by atoms with van der Waals surface area (Å²) < 4.78 is 90.2. The van der Waals surface area contributed by atoms with Crippen LogP contribution in [-0.2, 0) is 7.41 Å². The van der Waals surface area contributed by atoms with E-state index < -0.39 is 62.2 Å². The zero-order chi connectivity index (χ0) is 38.5. The largest absolute Gasteiger partial charge is 0.693 e. The molecule has 0 aliphatic rings. The third-order valence-corrected chi connectivity index (χ3v) is 12.0. The Balaban J connectivity index is 1.88. The summed E-state index contributed by atoms with van der Waals surface area (Å²) in [6.45, 7) is 21.4. The number of hydrogen-bond acceptors (Lipinski definition) is 2. The SMILES string of the molecule is Cc1cc(C)c(B([O][Al]([O]B(c2c(C)cc(C)cc2C)c2c(C)cc(C)cc2C)[c]2c(F)c(F)c(F)c(F)c2F)c2c(C)cc(C)cc2C)c(C)c1. The van der Waals surface area contributed by atoms with Crippen LogP contribution in [0.4, 0.5) is 22.0 Å². The lowest BCUT2D eigenvalue weighted by atomic mass is 9.51. The van der Waals surface area contributed by atoms with Crippen LogP contribution in [0.2, 0.25) is 0 Å². The number of aryl methyl sites for hydroxylation is 12. The molecule has 10 heteroatoms. The van der Waals surface area contributed by atoms with E-state index in [-0.39, 0.29) is 0 Å². The molecule has 0 saturated carbocycles. The van der Waals surface area contributed by atoms with Crippen molar-refractivity contribution in [3.63, 3.8) is 0 Å². The summed E-state index contributed by atoms with van der Waals surface area (Å²) in [5, 5.41) is 0. The van der Waals surface area contributed by atoms with Crippen molar-refractivity contribution in [2.75, 3.05) is 0 Å². The second-order valence-electron chi connectivity index (χ2n) is 14.6. The molecule has 0 N–H and O–H groups in total. The van der Waals surface area contributed by atoms with E-state index in [2.05, 4.69) is 0 Å². The minimum absolute atomic E-state index is 0.743. The van der Waals surface area contributed by atoms with Gasteiger partial charge in [0.25, 0.3) is 0 Å². The first-order valence-corrected chi connectivity index (χ1v) is 19.0. The predicted molar refractivity (Wildman–Crippen MR) is 206 cm³/mol. The lowest BCUT2D eigenvalue weighted by Gasteiger charge is -2.31. The van der Waals surface area contributed by atoms with Crippen LogP contribution >= 0.6 is 0 Å². The van der Waals surface area contributed by atoms with Crippen LogP contribution in [0.5, 0.6) is 0 Å². The maximum atomic E-state index is 16.2. The van der Waals surface area contributed by atoms with Gasteiger partial charge in [-0.05, 0) is 105 Å². The highest BCUT2D eigenvalue weighted by atomic mass is 27.2. The predicted octanol–water partition coefficient (Wildman–Crippen LogP) is 7.42. The van der Waals surface area contributed by atoms with E-state index in [4.69, 9.17) is 7.41 Å². The molecule has 0 saturated heterocycles. The first kappa shape index (κ1) is 39.5. The zero-order valence-electron chi connectivity index (χ0n) is 32.1. The molecule has 0 atom stereocenters. The third-order valence-electron chi connectivity index (χ3n) is 10.00. The van der Waals surface area contributed by atoms with E-state index in [9.17, 15) is 4.39 Å². The van der Waals surface area contributed by atoms with Crippen LogP contribution in [0, 0.1) is 112 Å². The Kier molecular flexibility index (Phi) is 11.7. The first-order valence-electron chi connectivity index (χ1n) is 17.4. The standard InChI is InChI=1S/2C18H22BO.C6F5.Al/c2*1-11-7-13(3)17(14(4)8-11)19(20)18-15(5)9-12(2)10-16(18)6;7-2-1-3(8)5(10)6(11)4(2)9;/h2*7-10H,1-6H3;;/q2*-1;;+2. The highest BCUT2D eigenvalue weighted by Gasteiger charge is 2.47. The quantitative estimate of drug-likeness (QED) is 0.0683. The van der Waals surface area contributed by atoms with E-state index >= 15 is 17.6 Å². The van der Waals surface area contributed by atoms with Crippen molar-refractivity contribution in [2.45, 2.75) is 83.1 Å². The van der Waals surface area contributed by atoms with Crippen LogP contribution in [0.1, 0.15) is 66.8 Å². The molecular weight excluding hydrogens is 680 g/mol. The van der Waals surface area contributed by atoms with Gasteiger partial charge in [0.2, 0.25) is 0 Å². The molecule has 5 aromatic rings. The van der Waals surface area contributed by atoms with E-state index in [1.165, 1.54) is 0 Å². The molecule has 0 spiro atoms. The molecule has 0 fully saturated rings. The van der Waals surface area contributed by atoms with Gasteiger partial charge in [-0.15, -0.1) is 0 Å². The Bertz CT molecular complexity index is 1860. The smallest absolute Gasteiger partial charge is 0.534 e. The van der Waals surface area contributed by atoms with Gasteiger partial charge in [-0.1, -0.05) is 115 Å². The summed E-state index contributed by atoms with van der Waals surface area (Å²) in [6, 6.07) is 16.0. The molecule has 0 radical (unpaired) electrons. The minimum Gasteiger partial charge on any atom is -0.534 e. The van der Waals surface area contributed by atoms with Crippen molar-refractivity contribution in [3.8, 4) is 0 Å². The molecular formula is C42H44AlB2F5O2. The average Bonchev–Trinajstić information content (AvgIpc) is 3.00. The Hall–Kier alpha value is -3.67. The molecule has 0 bridgehead atoms. The van der Waals surface area contributed by atoms with E-state index in [1.807, 2.05) is 132 Å². The van der Waals surface area contributed by atoms with E-state index in [0.717, 1.165) is 88.6 Å². The van der Waals surface area contributed by atoms with Crippen molar-refractivity contribution in [3.05, 3.63) is 144 Å². The molecule has 0 unspecified atom stereocenters. The Morgan fingerprint density at radius 1 is 0.346 bits per heavy atom. The van der Waals surface area contributed by atoms with Gasteiger partial charge in [-0.25, -0.2) is 22.0 Å². The molecule has 5 rings (SSSR count). The van der Waals surface area contributed by atoms with Crippen LogP contribution in [-0.4, -0.2) is 28.6 Å². The highest BCUT2D eigenvalue weighted by Crippen LogP contribution is 2.21. The molecule has 0 aliphatic heterocycles. The summed E-state index contributed by atoms with van der Waals surface area (Å²) >= 11 is -4.15. The molecule has 52 heavy (non-hydrogen) atoms. The zero-order valence-corrected chi connectivity index (χ0v) is 33.2. The van der Waals surface area contributed by atoms with Crippen LogP contribution in [0.3, 0.4) is 0 Å². The number of benzene rings is 5. The van der Waals surface area contributed by atoms with Gasteiger partial charge in [-0.2, -0.15) is 0 Å². The van der Waals surface area contributed by atoms with Gasteiger partial charge in [0.1, 0.15) is 0 Å². The van der Waals surface area contributed by atoms with Gasteiger partial charge in [0.05, 0.1) is 0 Å². The molecule has 5 aromatic carbocycles. The fourth-order valence-electron chi connectivity index (χ4n) is 8.22. The van der Waals surface area contributed by atoms with Crippen molar-refractivity contribution >= 4 is 54.9 Å². The monoisotopic (exact) mass is 724 g/mol. The topological polar surface area (TPSA) is 18.5 Å². The molecule has 0 heterocycles. The summed E-state index contributed by atoms with van der Waals surface area (Å²) in [5.74, 6) is -10.2. The van der Waals surface area contributed by atoms with Crippen molar-refractivity contribution in [1.82, 2.24) is 0 Å². The summed E-state index contributed by atoms with van der Waals surface area (Å²) in [5.41, 5.74) is 13.9. The molecule has 268 valence electrons. The van der Waals surface area contributed by atoms with Gasteiger partial charge in [0.15, 0.2) is 29.1 Å². The van der Waals surface area contributed by atoms with Crippen molar-refractivity contribution in [2.24, 2.45) is 0 Å². The van der Waals surface area contributed by atoms with Crippen LogP contribution in [0.25, 0.3) is 0 Å². The number of hydrogen-bond donors (Lipinski definition) is 0. The van der Waals surface area contributed by atoms with Gasteiger partial charge in [0, 0.05) is 4.43 Å². The molecule has 0 aromatic heterocycles. The second kappa shape index (κ2) is 15.4. The van der Waals surface area contributed by atoms with Gasteiger partial charge >= 0.3 is 28.6 Å². The average molecular weight is 724 g/mol. The Morgan fingerprint density at radius 3 is 0.750 bits per heavy atom. The maximum absolute atomic E-state index is 16.2. The van der Waals surface area contributed by atoms with E-state index in [0.29, 0.717) is 0 Å². The summed E-state index contributed by atoms with van der Waals surface area (Å²) in [7, 11) is 0. The Morgan fingerprint density at radius 2 is 0.538 bits per heavy atom. The third kappa shape index (κ3) is 7.55. The molecule has 2 nitrogen and oxygen atoms in total. The first-order chi connectivity index (χ1) is 24.3. The fourth-order valence-corrected chi connectivity index (χ4v) is 10.3. The lowest BCUT2D eigenvalue weighted by Crippen LogP contribution is -2.61. The molecule has 0 aliphatic carbocycles. The maximum Gasteiger partial charge on any atom is 0.693 e. The normalized spacial score (nSPS) is 11.3. The van der Waals surface area contributed by atoms with Crippen molar-refractivity contribution < 1.29 is 29.4 Å². The lowest BCUT2D eigenvalue weighted by molar-refractivity contribution is 0.378. The molecule has 0 amide bonds. The number of rotatable bonds is 9. The fraction of sp³-hybridized carbons (Fsp3) is 0.286. The minimum atomic E-state index is -4.15.